The zero-order valence-electron chi connectivity index (χ0n) is 28.3. The summed E-state index contributed by atoms with van der Waals surface area (Å²) in [5.74, 6) is 2.22. The average Bonchev–Trinajstić information content (AvgIpc) is 3.60. The minimum atomic E-state index is -0.364. The fourth-order valence-electron chi connectivity index (χ4n) is 13.3. The molecular formula is C36H61N3O4. The Bertz CT molecular complexity index is 1090. The van der Waals surface area contributed by atoms with Crippen LogP contribution in [0.2, 0.25) is 0 Å². The molecule has 1 amide bonds. The molecule has 2 aliphatic heterocycles. The van der Waals surface area contributed by atoms with E-state index in [-0.39, 0.29) is 40.7 Å². The van der Waals surface area contributed by atoms with Crippen LogP contribution in [0, 0.1) is 50.7 Å². The highest BCUT2D eigenvalue weighted by Crippen LogP contribution is 2.89. The monoisotopic (exact) mass is 599 g/mol. The predicted octanol–water partition coefficient (Wildman–Crippen LogP) is 5.55. The molecule has 0 radical (unpaired) electrons. The Labute approximate surface area is 261 Å². The van der Waals surface area contributed by atoms with Gasteiger partial charge in [-0.15, -0.1) is 0 Å². The van der Waals surface area contributed by atoms with Gasteiger partial charge < -0.3 is 19.9 Å². The van der Waals surface area contributed by atoms with Crippen LogP contribution < -0.4 is 5.32 Å². The molecule has 3 unspecified atom stereocenters. The number of carbonyl (C=O) groups is 1. The summed E-state index contributed by atoms with van der Waals surface area (Å²) in [6.07, 6.45) is 8.83. The summed E-state index contributed by atoms with van der Waals surface area (Å²) in [6, 6.07) is 0.604. The number of aliphatic hydroxyl groups is 1. The van der Waals surface area contributed by atoms with Gasteiger partial charge in [-0.3, -0.25) is 9.80 Å². The first-order chi connectivity index (χ1) is 20.3. The predicted molar refractivity (Wildman–Crippen MR) is 169 cm³/mol. The molecule has 7 rings (SSSR count). The summed E-state index contributed by atoms with van der Waals surface area (Å²) in [5.41, 5.74) is 0.689. The summed E-state index contributed by atoms with van der Waals surface area (Å²) in [4.78, 5) is 18.0. The van der Waals surface area contributed by atoms with Gasteiger partial charge in [-0.1, -0.05) is 34.6 Å². The van der Waals surface area contributed by atoms with Crippen molar-refractivity contribution in [1.82, 2.24) is 15.1 Å². The minimum Gasteiger partial charge on any atom is -0.446 e. The maximum absolute atomic E-state index is 13.0. The summed E-state index contributed by atoms with van der Waals surface area (Å²) in [6.45, 7) is 23.4. The maximum Gasteiger partial charge on any atom is 0.407 e. The molecule has 5 aliphatic carbocycles. The third-order valence-electron chi connectivity index (χ3n) is 15.8. The van der Waals surface area contributed by atoms with E-state index in [9.17, 15) is 9.90 Å². The molecule has 2 saturated heterocycles. The van der Waals surface area contributed by atoms with E-state index in [1.165, 1.54) is 38.5 Å². The molecule has 0 aromatic heterocycles. The molecule has 7 fully saturated rings. The van der Waals surface area contributed by atoms with Gasteiger partial charge in [0.05, 0.1) is 12.2 Å². The van der Waals surface area contributed by atoms with E-state index >= 15 is 0 Å². The second-order valence-electron chi connectivity index (χ2n) is 17.6. The number of carbonyl (C=O) groups excluding carboxylic acids is 1. The van der Waals surface area contributed by atoms with Crippen LogP contribution in [0.4, 0.5) is 4.79 Å². The van der Waals surface area contributed by atoms with Crippen molar-refractivity contribution in [2.75, 3.05) is 45.9 Å². The summed E-state index contributed by atoms with van der Waals surface area (Å²) >= 11 is 0. The molecule has 2 heterocycles. The number of aliphatic hydroxyl groups excluding tert-OH is 1. The summed E-state index contributed by atoms with van der Waals surface area (Å²) in [7, 11) is 0. The number of hydrogen-bond donors (Lipinski definition) is 2. The Morgan fingerprint density at radius 1 is 0.977 bits per heavy atom. The van der Waals surface area contributed by atoms with Crippen molar-refractivity contribution in [3.63, 3.8) is 0 Å². The number of rotatable bonds is 5. The van der Waals surface area contributed by atoms with Crippen molar-refractivity contribution in [1.29, 1.82) is 0 Å². The number of alkyl carbamates (subject to hydrolysis) is 1. The molecule has 7 aliphatic rings. The van der Waals surface area contributed by atoms with Crippen molar-refractivity contribution in [3.05, 3.63) is 0 Å². The lowest BCUT2D eigenvalue weighted by atomic mass is 9.41. The van der Waals surface area contributed by atoms with E-state index in [1.54, 1.807) is 0 Å². The molecule has 5 saturated carbocycles. The van der Waals surface area contributed by atoms with E-state index in [0.29, 0.717) is 47.1 Å². The SMILES string of the molecule is CC(C)N1CCN(CCNC(=O)O[C@H]2CC[C@]34CC35CC[C@]3(C)[C@@H]6C(OCC[C@H]6C)[C@H](O)[C@@]3(C)C5CC[C@H]4C2(C)C)CC1. The highest BCUT2D eigenvalue weighted by atomic mass is 16.6. The third-order valence-corrected chi connectivity index (χ3v) is 15.8. The van der Waals surface area contributed by atoms with Crippen molar-refractivity contribution in [3.8, 4) is 0 Å². The quantitative estimate of drug-likeness (QED) is 0.432. The molecule has 7 nitrogen and oxygen atoms in total. The summed E-state index contributed by atoms with van der Waals surface area (Å²) in [5, 5.41) is 15.2. The van der Waals surface area contributed by atoms with E-state index in [0.717, 1.165) is 52.2 Å². The van der Waals surface area contributed by atoms with Crippen LogP contribution >= 0.6 is 0 Å². The Balaban J connectivity index is 1.00. The molecule has 11 atom stereocenters. The van der Waals surface area contributed by atoms with Crippen LogP contribution in [0.15, 0.2) is 0 Å². The van der Waals surface area contributed by atoms with Gasteiger partial charge in [-0.05, 0) is 105 Å². The van der Waals surface area contributed by atoms with Crippen LogP contribution in [0.25, 0.3) is 0 Å². The fraction of sp³-hybridized carbons (Fsp3) is 0.972. The second kappa shape index (κ2) is 10.3. The van der Waals surface area contributed by atoms with Crippen molar-refractivity contribution >= 4 is 6.09 Å². The van der Waals surface area contributed by atoms with Crippen LogP contribution in [-0.4, -0.2) is 91.2 Å². The van der Waals surface area contributed by atoms with Crippen LogP contribution in [0.5, 0.6) is 0 Å². The smallest absolute Gasteiger partial charge is 0.407 e. The largest absolute Gasteiger partial charge is 0.446 e. The van der Waals surface area contributed by atoms with Crippen molar-refractivity contribution in [2.24, 2.45) is 50.7 Å². The Morgan fingerprint density at radius 2 is 1.67 bits per heavy atom. The molecule has 244 valence electrons. The first-order valence-electron chi connectivity index (χ1n) is 18.0. The number of hydrogen-bond acceptors (Lipinski definition) is 6. The van der Waals surface area contributed by atoms with E-state index in [1.807, 2.05) is 0 Å². The van der Waals surface area contributed by atoms with Gasteiger partial charge in [-0.2, -0.15) is 0 Å². The third kappa shape index (κ3) is 4.15. The topological polar surface area (TPSA) is 74.3 Å². The minimum absolute atomic E-state index is 0.00468. The van der Waals surface area contributed by atoms with E-state index < -0.39 is 0 Å². The summed E-state index contributed by atoms with van der Waals surface area (Å²) < 4.78 is 12.6. The lowest BCUT2D eigenvalue weighted by Gasteiger charge is -2.63. The molecule has 0 aromatic rings. The van der Waals surface area contributed by atoms with Crippen molar-refractivity contribution in [2.45, 2.75) is 124 Å². The standard InChI is InChI=1S/C36H61N3O4/c1-23(2)39-19-17-38(18-20-39)16-15-37-31(41)43-27-10-12-35-22-36(35)14-13-33(6)28-24(3)11-21-42-29(28)30(40)34(33,7)26(36)9-8-25(35)32(27,4)5/h23-30,40H,8-22H2,1-7H3,(H,37,41)/t24-,25+,26?,27+,28+,29?,30+,33-,34-,35-,36?/m1/s1. The lowest BCUT2D eigenvalue weighted by molar-refractivity contribution is -0.182. The zero-order valence-corrected chi connectivity index (χ0v) is 28.3. The number of nitrogens with zero attached hydrogens (tertiary/aromatic N) is 2. The fourth-order valence-corrected chi connectivity index (χ4v) is 13.3. The van der Waals surface area contributed by atoms with Gasteiger partial charge in [0, 0.05) is 62.7 Å². The van der Waals surface area contributed by atoms with E-state index in [2.05, 4.69) is 63.6 Å². The molecule has 0 aromatic carbocycles. The van der Waals surface area contributed by atoms with Gasteiger partial charge in [0.2, 0.25) is 0 Å². The number of nitrogens with one attached hydrogen (secondary N) is 1. The number of amides is 1. The maximum atomic E-state index is 13.0. The zero-order chi connectivity index (χ0) is 30.6. The van der Waals surface area contributed by atoms with Crippen LogP contribution in [0.3, 0.4) is 0 Å². The number of fused-ring (bicyclic) bond motifs is 4. The first kappa shape index (κ1) is 30.7. The molecule has 2 spiro atoms. The Kier molecular flexibility index (Phi) is 7.37. The molecule has 43 heavy (non-hydrogen) atoms. The molecule has 7 heteroatoms. The molecule has 0 bridgehead atoms. The van der Waals surface area contributed by atoms with Gasteiger partial charge >= 0.3 is 6.09 Å². The average molecular weight is 600 g/mol. The Hall–Kier alpha value is -0.890. The second-order valence-corrected chi connectivity index (χ2v) is 17.6. The van der Waals surface area contributed by atoms with Gasteiger partial charge in [-0.25, -0.2) is 4.79 Å². The molecule has 2 N–H and O–H groups in total. The van der Waals surface area contributed by atoms with E-state index in [4.69, 9.17) is 9.47 Å². The van der Waals surface area contributed by atoms with Crippen LogP contribution in [-0.2, 0) is 9.47 Å². The highest BCUT2D eigenvalue weighted by Gasteiger charge is 2.84. The number of piperazine rings is 1. The van der Waals surface area contributed by atoms with Crippen molar-refractivity contribution < 1.29 is 19.4 Å². The number of ether oxygens (including phenoxy) is 2. The lowest BCUT2D eigenvalue weighted by Crippen LogP contribution is -2.60. The highest BCUT2D eigenvalue weighted by molar-refractivity contribution is 5.67. The molecular weight excluding hydrogens is 538 g/mol. The normalized spacial score (nSPS) is 50.6. The van der Waals surface area contributed by atoms with Gasteiger partial charge in [0.25, 0.3) is 0 Å². The Morgan fingerprint density at radius 3 is 2.40 bits per heavy atom. The van der Waals surface area contributed by atoms with Gasteiger partial charge in [0.1, 0.15) is 6.10 Å². The van der Waals surface area contributed by atoms with Crippen LogP contribution in [0.1, 0.15) is 99.8 Å². The van der Waals surface area contributed by atoms with Gasteiger partial charge in [0.15, 0.2) is 0 Å². The first-order valence-corrected chi connectivity index (χ1v) is 18.0.